The molecule has 5 nitrogen and oxygen atoms in total. The van der Waals surface area contributed by atoms with Crippen LogP contribution in [0.2, 0.25) is 0 Å². The molecule has 0 amide bonds. The van der Waals surface area contributed by atoms with E-state index >= 15 is 0 Å². The van der Waals surface area contributed by atoms with E-state index in [0.717, 1.165) is 56.9 Å². The zero-order valence-corrected chi connectivity index (χ0v) is 23.0. The van der Waals surface area contributed by atoms with E-state index in [9.17, 15) is 14.4 Å². The second-order valence-electron chi connectivity index (χ2n) is 12.0. The predicted molar refractivity (Wildman–Crippen MR) is 144 cm³/mol. The molecule has 2 aromatic rings. The molecular formula is C30H34O5S2. The number of carbonyl (C=O) groups excluding carboxylic acids is 3. The second kappa shape index (κ2) is 9.19. The third-order valence-corrected chi connectivity index (χ3v) is 12.0. The van der Waals surface area contributed by atoms with Crippen LogP contribution in [-0.4, -0.2) is 30.9 Å². The molecule has 5 saturated carbocycles. The van der Waals surface area contributed by atoms with Gasteiger partial charge in [0.15, 0.2) is 5.78 Å². The smallest absolute Gasteiger partial charge is 0.348 e. The number of carbonyl (C=O) groups is 3. The molecule has 196 valence electrons. The van der Waals surface area contributed by atoms with Crippen LogP contribution in [0.3, 0.4) is 0 Å². The number of ether oxygens (including phenoxy) is 2. The Morgan fingerprint density at radius 1 is 0.946 bits per heavy atom. The van der Waals surface area contributed by atoms with Crippen LogP contribution in [0, 0.1) is 34.0 Å². The molecule has 2 aromatic heterocycles. The first-order valence-corrected chi connectivity index (χ1v) is 15.2. The van der Waals surface area contributed by atoms with E-state index in [1.165, 1.54) is 22.7 Å². The summed E-state index contributed by atoms with van der Waals surface area (Å²) in [5.41, 5.74) is -0.111. The maximum atomic E-state index is 13.7. The zero-order chi connectivity index (χ0) is 25.8. The fourth-order valence-corrected chi connectivity index (χ4v) is 9.88. The first-order valence-electron chi connectivity index (χ1n) is 13.4. The Labute approximate surface area is 226 Å². The van der Waals surface area contributed by atoms with Gasteiger partial charge in [0.05, 0.1) is 13.2 Å². The quantitative estimate of drug-likeness (QED) is 0.294. The van der Waals surface area contributed by atoms with Crippen LogP contribution in [0.4, 0.5) is 0 Å². The minimum Gasteiger partial charge on any atom is -0.461 e. The average molecular weight is 539 g/mol. The number of ketones is 1. The Hall–Kier alpha value is -2.25. The van der Waals surface area contributed by atoms with Crippen LogP contribution >= 0.6 is 22.7 Å². The molecule has 6 atom stereocenters. The number of hydrogen-bond donors (Lipinski definition) is 0. The van der Waals surface area contributed by atoms with Crippen LogP contribution in [0.15, 0.2) is 47.2 Å². The topological polar surface area (TPSA) is 69.7 Å². The van der Waals surface area contributed by atoms with Crippen molar-refractivity contribution < 1.29 is 23.9 Å². The Morgan fingerprint density at radius 2 is 1.59 bits per heavy atom. The maximum Gasteiger partial charge on any atom is 0.348 e. The molecule has 7 heteroatoms. The van der Waals surface area contributed by atoms with Gasteiger partial charge in [-0.1, -0.05) is 32.1 Å². The van der Waals surface area contributed by atoms with Gasteiger partial charge in [0.25, 0.3) is 0 Å². The van der Waals surface area contributed by atoms with Crippen molar-refractivity contribution in [1.29, 1.82) is 0 Å². The van der Waals surface area contributed by atoms with Crippen molar-refractivity contribution in [2.45, 2.75) is 58.3 Å². The van der Waals surface area contributed by atoms with Crippen molar-refractivity contribution in [3.63, 3.8) is 0 Å². The van der Waals surface area contributed by atoms with E-state index in [1.54, 1.807) is 12.1 Å². The Balaban J connectivity index is 1.33. The molecule has 2 bridgehead atoms. The number of hydrogen-bond acceptors (Lipinski definition) is 7. The van der Waals surface area contributed by atoms with E-state index in [4.69, 9.17) is 9.47 Å². The monoisotopic (exact) mass is 538 g/mol. The highest BCUT2D eigenvalue weighted by molar-refractivity contribution is 7.12. The summed E-state index contributed by atoms with van der Waals surface area (Å²) in [5.74, 6) is 0.311. The van der Waals surface area contributed by atoms with Crippen LogP contribution in [0.5, 0.6) is 0 Å². The first kappa shape index (κ1) is 25.1. The van der Waals surface area contributed by atoms with Gasteiger partial charge in [0, 0.05) is 16.2 Å². The SMILES string of the molecule is C=C1C(=O)C23CCC1CC2C1(COC(=O)c2cccs2)CCCC(C)(COC(=O)c2cccs2)C1CC3. The van der Waals surface area contributed by atoms with Crippen LogP contribution in [0.25, 0.3) is 0 Å². The second-order valence-corrected chi connectivity index (χ2v) is 13.9. The molecule has 6 unspecified atom stereocenters. The number of esters is 2. The number of Topliss-reactive ketones (excluding diaryl/α,β-unsaturated/α-hetero) is 1. The Morgan fingerprint density at radius 3 is 2.24 bits per heavy atom. The van der Waals surface area contributed by atoms with E-state index in [1.807, 2.05) is 22.9 Å². The van der Waals surface area contributed by atoms with Gasteiger partial charge < -0.3 is 9.47 Å². The van der Waals surface area contributed by atoms with Gasteiger partial charge in [0.1, 0.15) is 9.75 Å². The van der Waals surface area contributed by atoms with Gasteiger partial charge in [-0.25, -0.2) is 9.59 Å². The molecule has 0 N–H and O–H groups in total. The van der Waals surface area contributed by atoms with Crippen LogP contribution in [0.1, 0.15) is 77.6 Å². The lowest BCUT2D eigenvalue weighted by Crippen LogP contribution is -2.65. The lowest BCUT2D eigenvalue weighted by Gasteiger charge is -2.67. The van der Waals surface area contributed by atoms with E-state index in [0.29, 0.717) is 23.0 Å². The maximum absolute atomic E-state index is 13.7. The number of thiophene rings is 2. The third-order valence-electron chi connectivity index (χ3n) is 10.3. The van der Waals surface area contributed by atoms with Crippen molar-refractivity contribution in [1.82, 2.24) is 0 Å². The van der Waals surface area contributed by atoms with E-state index in [-0.39, 0.29) is 51.7 Å². The molecule has 7 rings (SSSR count). The Kier molecular flexibility index (Phi) is 6.22. The van der Waals surface area contributed by atoms with E-state index in [2.05, 4.69) is 13.5 Å². The van der Waals surface area contributed by atoms with Crippen molar-refractivity contribution in [3.05, 3.63) is 56.9 Å². The largest absolute Gasteiger partial charge is 0.461 e. The highest BCUT2D eigenvalue weighted by Gasteiger charge is 2.68. The number of fused-ring (bicyclic) bond motifs is 3. The molecule has 0 aliphatic heterocycles. The fraction of sp³-hybridized carbons (Fsp3) is 0.567. The highest BCUT2D eigenvalue weighted by atomic mass is 32.1. The summed E-state index contributed by atoms with van der Waals surface area (Å²) in [6, 6.07) is 7.32. The Bertz CT molecular complexity index is 1220. The van der Waals surface area contributed by atoms with Crippen molar-refractivity contribution >= 4 is 40.4 Å². The fourth-order valence-electron chi connectivity index (χ4n) is 8.65. The predicted octanol–water partition coefficient (Wildman–Crippen LogP) is 6.95. The molecule has 5 fully saturated rings. The van der Waals surface area contributed by atoms with Crippen molar-refractivity contribution in [2.75, 3.05) is 13.2 Å². The summed E-state index contributed by atoms with van der Waals surface area (Å²) in [6.07, 6.45) is 7.48. The van der Waals surface area contributed by atoms with Gasteiger partial charge in [-0.05, 0) is 91.2 Å². The van der Waals surface area contributed by atoms with Crippen LogP contribution in [-0.2, 0) is 14.3 Å². The van der Waals surface area contributed by atoms with E-state index < -0.39 is 0 Å². The van der Waals surface area contributed by atoms with Gasteiger partial charge in [-0.15, -0.1) is 22.7 Å². The highest BCUT2D eigenvalue weighted by Crippen LogP contribution is 2.71. The molecular weight excluding hydrogens is 504 g/mol. The molecule has 2 heterocycles. The first-order chi connectivity index (χ1) is 17.8. The molecule has 0 radical (unpaired) electrons. The normalized spacial score (nSPS) is 36.5. The van der Waals surface area contributed by atoms with Crippen molar-refractivity contribution in [2.24, 2.45) is 34.0 Å². The molecule has 0 aromatic carbocycles. The summed E-state index contributed by atoms with van der Waals surface area (Å²) < 4.78 is 12.0. The van der Waals surface area contributed by atoms with Crippen LogP contribution < -0.4 is 0 Å². The zero-order valence-electron chi connectivity index (χ0n) is 21.3. The summed E-state index contributed by atoms with van der Waals surface area (Å²) in [4.78, 5) is 40.7. The summed E-state index contributed by atoms with van der Waals surface area (Å²) in [7, 11) is 0. The van der Waals surface area contributed by atoms with Gasteiger partial charge in [-0.3, -0.25) is 4.79 Å². The number of allylic oxidation sites excluding steroid dienone is 1. The van der Waals surface area contributed by atoms with Gasteiger partial charge >= 0.3 is 11.9 Å². The lowest BCUT2D eigenvalue weighted by atomic mass is 9.36. The molecule has 1 spiro atoms. The van der Waals surface area contributed by atoms with Crippen molar-refractivity contribution in [3.8, 4) is 0 Å². The summed E-state index contributed by atoms with van der Waals surface area (Å²) >= 11 is 2.79. The van der Waals surface area contributed by atoms with Gasteiger partial charge in [-0.2, -0.15) is 0 Å². The standard InChI is InChI=1S/C30H34O5S2/c1-19-20-8-12-29(25(19)31)13-9-23-28(2,17-34-26(32)21-6-3-14-36-21)10-5-11-30(23,24(29)16-20)18-35-27(33)22-7-4-15-37-22/h3-4,6-7,14-15,20,23-24H,1,5,8-13,16-18H2,2H3. The average Bonchev–Trinajstić information content (AvgIpc) is 3.64. The van der Waals surface area contributed by atoms with Gasteiger partial charge in [0.2, 0.25) is 0 Å². The minimum absolute atomic E-state index is 0.166. The minimum atomic E-state index is -0.385. The summed E-state index contributed by atoms with van der Waals surface area (Å²) in [5, 5.41) is 3.77. The molecule has 37 heavy (non-hydrogen) atoms. The molecule has 0 saturated heterocycles. The summed E-state index contributed by atoms with van der Waals surface area (Å²) in [6.45, 7) is 7.12. The third kappa shape index (κ3) is 3.87. The lowest BCUT2D eigenvalue weighted by molar-refractivity contribution is -0.201. The number of rotatable bonds is 6. The molecule has 5 aliphatic rings. The molecule has 5 aliphatic carbocycles.